The zero-order chi connectivity index (χ0) is 8.43. The van der Waals surface area contributed by atoms with Gasteiger partial charge in [0, 0.05) is 6.04 Å². The van der Waals surface area contributed by atoms with Crippen LogP contribution < -0.4 is 11.2 Å². The topological polar surface area (TPSA) is 76.1 Å². The molecular weight excluding hydrogens is 144 g/mol. The number of hydrogen-bond acceptors (Lipinski definition) is 4. The lowest BCUT2D eigenvalue weighted by atomic mass is 10.4. The minimum atomic E-state index is -0.00171. The molecule has 0 amide bonds. The Hall–Kier alpha value is -1.39. The quantitative estimate of drug-likeness (QED) is 0.568. The van der Waals surface area contributed by atoms with E-state index in [2.05, 4.69) is 10.5 Å². The number of rotatable bonds is 2. The lowest BCUT2D eigenvalue weighted by Crippen LogP contribution is -2.22. The summed E-state index contributed by atoms with van der Waals surface area (Å²) in [5.74, 6) is 0.135. The van der Waals surface area contributed by atoms with Gasteiger partial charge >= 0.3 is 0 Å². The van der Waals surface area contributed by atoms with E-state index in [1.165, 1.54) is 11.0 Å². The van der Waals surface area contributed by atoms with E-state index in [1.807, 2.05) is 13.8 Å². The zero-order valence-corrected chi connectivity index (χ0v) is 6.57. The fourth-order valence-electron chi connectivity index (χ4n) is 0.709. The van der Waals surface area contributed by atoms with Crippen molar-refractivity contribution in [2.24, 2.45) is 0 Å². The van der Waals surface area contributed by atoms with Crippen molar-refractivity contribution in [3.8, 4) is 5.75 Å². The molecule has 0 atom stereocenters. The molecule has 0 spiro atoms. The highest BCUT2D eigenvalue weighted by molar-refractivity contribution is 5.42. The Balaban J connectivity index is 2.73. The number of aromatic hydroxyl groups is 1. The van der Waals surface area contributed by atoms with Crippen LogP contribution in [-0.4, -0.2) is 21.0 Å². The normalized spacial score (nSPS) is 10.5. The van der Waals surface area contributed by atoms with Crippen LogP contribution >= 0.6 is 0 Å². The number of hydrogen-bond donors (Lipinski definition) is 3. The van der Waals surface area contributed by atoms with Gasteiger partial charge in [-0.15, -0.1) is 5.10 Å². The molecule has 0 saturated carbocycles. The predicted molar refractivity (Wildman–Crippen MR) is 42.8 cm³/mol. The van der Waals surface area contributed by atoms with Crippen LogP contribution in [0.25, 0.3) is 0 Å². The number of nitrogens with two attached hydrogens (primary N) is 1. The highest BCUT2D eigenvalue weighted by Crippen LogP contribution is 2.14. The molecule has 0 aliphatic heterocycles. The highest BCUT2D eigenvalue weighted by Gasteiger charge is 2.02. The molecule has 62 valence electrons. The summed E-state index contributed by atoms with van der Waals surface area (Å²) in [6, 6.07) is 0.258. The Morgan fingerprint density at radius 2 is 2.36 bits per heavy atom. The van der Waals surface area contributed by atoms with Gasteiger partial charge in [-0.25, -0.2) is 0 Å². The van der Waals surface area contributed by atoms with E-state index in [1.54, 1.807) is 0 Å². The third kappa shape index (κ3) is 1.76. The summed E-state index contributed by atoms with van der Waals surface area (Å²) in [4.78, 5) is 1.40. The van der Waals surface area contributed by atoms with Gasteiger partial charge in [0.25, 0.3) is 0 Å². The van der Waals surface area contributed by atoms with Crippen molar-refractivity contribution >= 4 is 5.82 Å². The van der Waals surface area contributed by atoms with Gasteiger partial charge in [0.15, 0.2) is 11.6 Å². The first-order valence-corrected chi connectivity index (χ1v) is 3.40. The molecule has 1 aromatic rings. The first-order valence-electron chi connectivity index (χ1n) is 3.40. The average molecular weight is 156 g/mol. The molecule has 0 radical (unpaired) electrons. The van der Waals surface area contributed by atoms with Crippen molar-refractivity contribution in [1.29, 1.82) is 0 Å². The summed E-state index contributed by atoms with van der Waals surface area (Å²) in [6.07, 6.45) is 1.43. The van der Waals surface area contributed by atoms with Crippen LogP contribution in [0.5, 0.6) is 5.75 Å². The second-order valence-electron chi connectivity index (χ2n) is 2.63. The van der Waals surface area contributed by atoms with Crippen molar-refractivity contribution in [3.63, 3.8) is 0 Å². The molecule has 4 N–H and O–H groups in total. The predicted octanol–water partition coefficient (Wildman–Crippen LogP) is 0.123. The highest BCUT2D eigenvalue weighted by atomic mass is 16.3. The van der Waals surface area contributed by atoms with E-state index in [9.17, 15) is 0 Å². The van der Waals surface area contributed by atoms with Gasteiger partial charge in [-0.3, -0.25) is 0 Å². The van der Waals surface area contributed by atoms with Gasteiger partial charge in [-0.1, -0.05) is 0 Å². The fourth-order valence-corrected chi connectivity index (χ4v) is 0.709. The third-order valence-corrected chi connectivity index (χ3v) is 1.11. The van der Waals surface area contributed by atoms with Crippen LogP contribution in [0.2, 0.25) is 0 Å². The maximum Gasteiger partial charge on any atom is 0.189 e. The summed E-state index contributed by atoms with van der Waals surface area (Å²) in [5.41, 5.74) is 8.23. The monoisotopic (exact) mass is 156 g/mol. The summed E-state index contributed by atoms with van der Waals surface area (Å²) >= 11 is 0. The SMILES string of the molecule is CC(C)Nn1cc(O)c(N)n1. The van der Waals surface area contributed by atoms with E-state index in [0.29, 0.717) is 0 Å². The van der Waals surface area contributed by atoms with E-state index in [0.717, 1.165) is 0 Å². The van der Waals surface area contributed by atoms with Gasteiger partial charge < -0.3 is 16.3 Å². The first-order chi connectivity index (χ1) is 5.09. The maximum absolute atomic E-state index is 9.00. The molecule has 0 aliphatic rings. The van der Waals surface area contributed by atoms with Crippen molar-refractivity contribution in [1.82, 2.24) is 9.89 Å². The molecule has 5 nitrogen and oxygen atoms in total. The molecule has 0 fully saturated rings. The smallest absolute Gasteiger partial charge is 0.189 e. The molecule has 0 aliphatic carbocycles. The van der Waals surface area contributed by atoms with Gasteiger partial charge in [-0.2, -0.15) is 4.79 Å². The fraction of sp³-hybridized carbons (Fsp3) is 0.500. The summed E-state index contributed by atoms with van der Waals surface area (Å²) in [5, 5.41) is 12.8. The third-order valence-electron chi connectivity index (χ3n) is 1.11. The van der Waals surface area contributed by atoms with Crippen LogP contribution in [0, 0.1) is 0 Å². The van der Waals surface area contributed by atoms with Crippen LogP contribution in [0.15, 0.2) is 6.20 Å². The molecule has 0 saturated heterocycles. The number of anilines is 1. The van der Waals surface area contributed by atoms with E-state index in [4.69, 9.17) is 10.8 Å². The van der Waals surface area contributed by atoms with E-state index < -0.39 is 0 Å². The van der Waals surface area contributed by atoms with Crippen LogP contribution in [0.3, 0.4) is 0 Å². The Labute approximate surface area is 64.8 Å². The van der Waals surface area contributed by atoms with Crippen molar-refractivity contribution < 1.29 is 5.11 Å². The van der Waals surface area contributed by atoms with Crippen molar-refractivity contribution in [2.45, 2.75) is 19.9 Å². The van der Waals surface area contributed by atoms with Crippen LogP contribution in [0.1, 0.15) is 13.8 Å². The molecule has 1 rings (SSSR count). The lowest BCUT2D eigenvalue weighted by molar-refractivity contribution is 0.476. The Morgan fingerprint density at radius 1 is 1.73 bits per heavy atom. The molecule has 5 heteroatoms. The Kier molecular flexibility index (Phi) is 1.89. The van der Waals surface area contributed by atoms with E-state index >= 15 is 0 Å². The molecule has 0 unspecified atom stereocenters. The number of nitrogens with zero attached hydrogens (tertiary/aromatic N) is 2. The Bertz CT molecular complexity index is 223. The molecule has 1 heterocycles. The Morgan fingerprint density at radius 3 is 2.73 bits per heavy atom. The minimum Gasteiger partial charge on any atom is -0.503 e. The molecular formula is C6H12N4O. The standard InChI is InChI=1S/C6H12N4O/c1-4(2)8-10-3-5(11)6(7)9-10/h3-4,8,11H,1-2H3,(H2,7,9). The van der Waals surface area contributed by atoms with Crippen molar-refractivity contribution in [3.05, 3.63) is 6.20 Å². The minimum absolute atomic E-state index is 0.00171. The maximum atomic E-state index is 9.00. The van der Waals surface area contributed by atoms with E-state index in [-0.39, 0.29) is 17.6 Å². The van der Waals surface area contributed by atoms with Gasteiger partial charge in [0.1, 0.15) is 0 Å². The summed E-state index contributed by atoms with van der Waals surface area (Å²) in [6.45, 7) is 3.93. The first kappa shape index (κ1) is 7.71. The molecule has 0 aromatic carbocycles. The van der Waals surface area contributed by atoms with Crippen molar-refractivity contribution in [2.75, 3.05) is 11.2 Å². The molecule has 1 aromatic heterocycles. The molecule has 0 bridgehead atoms. The second kappa shape index (κ2) is 2.69. The summed E-state index contributed by atoms with van der Waals surface area (Å²) in [7, 11) is 0. The number of nitrogens with one attached hydrogen (secondary N) is 1. The second-order valence-corrected chi connectivity index (χ2v) is 2.63. The largest absolute Gasteiger partial charge is 0.503 e. The zero-order valence-electron chi connectivity index (χ0n) is 6.57. The van der Waals surface area contributed by atoms with Gasteiger partial charge in [0.2, 0.25) is 0 Å². The number of nitrogen functional groups attached to an aromatic ring is 1. The number of aromatic nitrogens is 2. The van der Waals surface area contributed by atoms with Crippen LogP contribution in [-0.2, 0) is 0 Å². The van der Waals surface area contributed by atoms with Crippen LogP contribution in [0.4, 0.5) is 5.82 Å². The van der Waals surface area contributed by atoms with Gasteiger partial charge in [0.05, 0.1) is 6.20 Å². The summed E-state index contributed by atoms with van der Waals surface area (Å²) < 4.78 is 0. The molecule has 11 heavy (non-hydrogen) atoms. The lowest BCUT2D eigenvalue weighted by Gasteiger charge is -2.07. The average Bonchev–Trinajstić information content (AvgIpc) is 2.10. The van der Waals surface area contributed by atoms with Gasteiger partial charge in [-0.05, 0) is 13.8 Å².